The highest BCUT2D eigenvalue weighted by molar-refractivity contribution is 6.02. The van der Waals surface area contributed by atoms with Gasteiger partial charge < -0.3 is 19.7 Å². The predicted molar refractivity (Wildman–Crippen MR) is 122 cm³/mol. The number of nitrogens with one attached hydrogen (secondary N) is 1. The number of carbonyl (C=O) groups is 2. The van der Waals surface area contributed by atoms with Crippen LogP contribution in [0.15, 0.2) is 59.7 Å². The van der Waals surface area contributed by atoms with Gasteiger partial charge in [0.25, 0.3) is 5.91 Å². The zero-order valence-electron chi connectivity index (χ0n) is 18.7. The Labute approximate surface area is 189 Å². The van der Waals surface area contributed by atoms with Crippen molar-refractivity contribution in [2.24, 2.45) is 0 Å². The van der Waals surface area contributed by atoms with Crippen LogP contribution in [0.4, 0.5) is 0 Å². The summed E-state index contributed by atoms with van der Waals surface area (Å²) in [6.07, 6.45) is 4.17. The number of benzene rings is 2. The quantitative estimate of drug-likeness (QED) is 0.682. The fourth-order valence-electron chi connectivity index (χ4n) is 4.73. The van der Waals surface area contributed by atoms with Crippen molar-refractivity contribution >= 4 is 11.8 Å². The molecule has 32 heavy (non-hydrogen) atoms. The highest BCUT2D eigenvalue weighted by atomic mass is 16.5. The molecule has 1 heterocycles. The molecule has 6 nitrogen and oxygen atoms in total. The average molecular weight is 435 g/mol. The van der Waals surface area contributed by atoms with Crippen LogP contribution >= 0.6 is 0 Å². The van der Waals surface area contributed by atoms with Crippen molar-refractivity contribution in [1.29, 1.82) is 0 Å². The van der Waals surface area contributed by atoms with Gasteiger partial charge in [0.15, 0.2) is 0 Å². The Kier molecular flexibility index (Phi) is 6.78. The Bertz CT molecular complexity index is 1020. The highest BCUT2D eigenvalue weighted by Crippen LogP contribution is 2.38. The Morgan fingerprint density at radius 2 is 1.91 bits per heavy atom. The SMILES string of the molecule is COc1ccc(OC)c(CNC(=O)CC2=C3CCCCC3N(Cc3ccccc3)C2=O)c1. The fraction of sp³-hybridized carbons (Fsp3) is 0.385. The first kappa shape index (κ1) is 21.9. The molecule has 1 N–H and O–H groups in total. The van der Waals surface area contributed by atoms with Crippen LogP contribution < -0.4 is 14.8 Å². The third kappa shape index (κ3) is 4.64. The summed E-state index contributed by atoms with van der Waals surface area (Å²) in [6, 6.07) is 15.7. The zero-order valence-corrected chi connectivity index (χ0v) is 18.7. The molecule has 1 unspecified atom stereocenters. The molecule has 6 heteroatoms. The molecule has 1 aliphatic carbocycles. The molecule has 0 radical (unpaired) electrons. The highest BCUT2D eigenvalue weighted by Gasteiger charge is 2.40. The lowest BCUT2D eigenvalue weighted by atomic mass is 9.88. The van der Waals surface area contributed by atoms with Crippen molar-refractivity contribution in [2.45, 2.75) is 51.2 Å². The number of methoxy groups -OCH3 is 2. The number of carbonyl (C=O) groups excluding carboxylic acids is 2. The Balaban J connectivity index is 1.45. The van der Waals surface area contributed by atoms with E-state index < -0.39 is 0 Å². The third-order valence-corrected chi connectivity index (χ3v) is 6.36. The first-order chi connectivity index (χ1) is 15.6. The molecule has 0 bridgehead atoms. The van der Waals surface area contributed by atoms with Crippen LogP contribution in [0, 0.1) is 0 Å². The molecule has 0 spiro atoms. The van der Waals surface area contributed by atoms with E-state index in [0.29, 0.717) is 30.2 Å². The summed E-state index contributed by atoms with van der Waals surface area (Å²) in [4.78, 5) is 28.1. The predicted octanol–water partition coefficient (Wildman–Crippen LogP) is 3.99. The molecular weight excluding hydrogens is 404 g/mol. The largest absolute Gasteiger partial charge is 0.497 e. The summed E-state index contributed by atoms with van der Waals surface area (Å²) in [5, 5.41) is 2.95. The number of rotatable bonds is 8. The van der Waals surface area contributed by atoms with Gasteiger partial charge in [0.05, 0.1) is 26.7 Å². The van der Waals surface area contributed by atoms with E-state index in [1.165, 1.54) is 0 Å². The van der Waals surface area contributed by atoms with Gasteiger partial charge in [-0.2, -0.15) is 0 Å². The van der Waals surface area contributed by atoms with Gasteiger partial charge in [-0.1, -0.05) is 36.8 Å². The van der Waals surface area contributed by atoms with E-state index in [4.69, 9.17) is 9.47 Å². The van der Waals surface area contributed by atoms with Crippen molar-refractivity contribution in [3.63, 3.8) is 0 Å². The smallest absolute Gasteiger partial charge is 0.251 e. The van der Waals surface area contributed by atoms with Crippen LogP contribution in [0.5, 0.6) is 11.5 Å². The Morgan fingerprint density at radius 3 is 2.66 bits per heavy atom. The van der Waals surface area contributed by atoms with Crippen molar-refractivity contribution < 1.29 is 19.1 Å². The van der Waals surface area contributed by atoms with Crippen molar-refractivity contribution in [1.82, 2.24) is 10.2 Å². The van der Waals surface area contributed by atoms with E-state index in [-0.39, 0.29) is 24.3 Å². The summed E-state index contributed by atoms with van der Waals surface area (Å²) in [5.41, 5.74) is 3.78. The van der Waals surface area contributed by atoms with Gasteiger partial charge in [-0.05, 0) is 48.6 Å². The van der Waals surface area contributed by atoms with Crippen LogP contribution in [-0.2, 0) is 22.7 Å². The van der Waals surface area contributed by atoms with E-state index in [1.54, 1.807) is 14.2 Å². The fourth-order valence-corrected chi connectivity index (χ4v) is 4.73. The van der Waals surface area contributed by atoms with Crippen molar-refractivity contribution in [3.05, 3.63) is 70.8 Å². The zero-order chi connectivity index (χ0) is 22.5. The van der Waals surface area contributed by atoms with Gasteiger partial charge in [-0.25, -0.2) is 0 Å². The van der Waals surface area contributed by atoms with Crippen LogP contribution in [0.2, 0.25) is 0 Å². The van der Waals surface area contributed by atoms with Gasteiger partial charge in [0, 0.05) is 24.2 Å². The van der Waals surface area contributed by atoms with Gasteiger partial charge >= 0.3 is 0 Å². The molecular formula is C26H30N2O4. The van der Waals surface area contributed by atoms with Crippen LogP contribution in [-0.4, -0.2) is 37.0 Å². The molecule has 1 aliphatic heterocycles. The summed E-state index contributed by atoms with van der Waals surface area (Å²) in [6.45, 7) is 0.896. The molecule has 4 rings (SSSR count). The van der Waals surface area contributed by atoms with Gasteiger partial charge in [0.2, 0.25) is 5.91 Å². The maximum Gasteiger partial charge on any atom is 0.251 e. The normalized spacial score (nSPS) is 17.9. The second-order valence-electron chi connectivity index (χ2n) is 8.32. The van der Waals surface area contributed by atoms with Crippen LogP contribution in [0.1, 0.15) is 43.2 Å². The first-order valence-electron chi connectivity index (χ1n) is 11.1. The second-order valence-corrected chi connectivity index (χ2v) is 8.32. The summed E-state index contributed by atoms with van der Waals surface area (Å²) < 4.78 is 10.7. The molecule has 1 atom stereocenters. The molecule has 0 aromatic heterocycles. The number of amides is 2. The summed E-state index contributed by atoms with van der Waals surface area (Å²) >= 11 is 0. The van der Waals surface area contributed by atoms with E-state index in [2.05, 4.69) is 5.32 Å². The topological polar surface area (TPSA) is 67.9 Å². The van der Waals surface area contributed by atoms with E-state index >= 15 is 0 Å². The molecule has 168 valence electrons. The van der Waals surface area contributed by atoms with E-state index in [1.807, 2.05) is 53.4 Å². The number of ether oxygens (including phenoxy) is 2. The first-order valence-corrected chi connectivity index (χ1v) is 11.1. The van der Waals surface area contributed by atoms with Crippen molar-refractivity contribution in [2.75, 3.05) is 14.2 Å². The van der Waals surface area contributed by atoms with Gasteiger partial charge in [-0.3, -0.25) is 9.59 Å². The molecule has 2 aromatic carbocycles. The molecule has 1 fully saturated rings. The minimum atomic E-state index is -0.156. The number of fused-ring (bicyclic) bond motifs is 1. The lowest BCUT2D eigenvalue weighted by molar-refractivity contribution is -0.129. The molecule has 2 aromatic rings. The standard InChI is InChI=1S/C26H30N2O4/c1-31-20-12-13-24(32-2)19(14-20)16-27-25(29)15-22-21-10-6-7-11-23(21)28(26(22)30)17-18-8-4-3-5-9-18/h3-5,8-9,12-14,23H,6-7,10-11,15-17H2,1-2H3,(H,27,29). The molecule has 2 amide bonds. The third-order valence-electron chi connectivity index (χ3n) is 6.36. The molecule has 2 aliphatic rings. The lowest BCUT2D eigenvalue weighted by Crippen LogP contribution is -2.36. The maximum absolute atomic E-state index is 13.3. The number of hydrogen-bond acceptors (Lipinski definition) is 4. The van der Waals surface area contributed by atoms with Gasteiger partial charge in [0.1, 0.15) is 11.5 Å². The number of nitrogens with zero attached hydrogens (tertiary/aromatic N) is 1. The van der Waals surface area contributed by atoms with Crippen molar-refractivity contribution in [3.8, 4) is 11.5 Å². The molecule has 1 saturated carbocycles. The lowest BCUT2D eigenvalue weighted by Gasteiger charge is -2.30. The monoisotopic (exact) mass is 434 g/mol. The Morgan fingerprint density at radius 1 is 1.09 bits per heavy atom. The van der Waals surface area contributed by atoms with Crippen LogP contribution in [0.25, 0.3) is 0 Å². The molecule has 0 saturated heterocycles. The number of hydrogen-bond donors (Lipinski definition) is 1. The maximum atomic E-state index is 13.3. The summed E-state index contributed by atoms with van der Waals surface area (Å²) in [5.74, 6) is 1.24. The van der Waals surface area contributed by atoms with Gasteiger partial charge in [-0.15, -0.1) is 0 Å². The minimum Gasteiger partial charge on any atom is -0.497 e. The minimum absolute atomic E-state index is 0.00450. The van der Waals surface area contributed by atoms with E-state index in [9.17, 15) is 9.59 Å². The average Bonchev–Trinajstić information content (AvgIpc) is 3.09. The van der Waals surface area contributed by atoms with E-state index in [0.717, 1.165) is 42.4 Å². The summed E-state index contributed by atoms with van der Waals surface area (Å²) in [7, 11) is 3.20. The Hall–Kier alpha value is -3.28. The van der Waals surface area contributed by atoms with Crippen LogP contribution in [0.3, 0.4) is 0 Å². The second kappa shape index (κ2) is 9.90.